The zero-order valence-corrected chi connectivity index (χ0v) is 15.9. The fourth-order valence-electron chi connectivity index (χ4n) is 2.47. The summed E-state index contributed by atoms with van der Waals surface area (Å²) < 4.78 is 6.12. The first-order valence-corrected chi connectivity index (χ1v) is 8.53. The summed E-state index contributed by atoms with van der Waals surface area (Å²) in [4.78, 5) is 28.8. The van der Waals surface area contributed by atoms with Crippen LogP contribution in [0.3, 0.4) is 0 Å². The second-order valence-corrected chi connectivity index (χ2v) is 6.38. The Hall–Kier alpha value is -2.90. The average Bonchev–Trinajstić information content (AvgIpc) is 3.00. The number of aryl methyl sites for hydroxylation is 1. The van der Waals surface area contributed by atoms with Crippen molar-refractivity contribution in [3.63, 3.8) is 0 Å². The number of halogens is 2. The summed E-state index contributed by atoms with van der Waals surface area (Å²) in [6.07, 6.45) is 1.43. The van der Waals surface area contributed by atoms with E-state index < -0.39 is 11.9 Å². The van der Waals surface area contributed by atoms with Crippen molar-refractivity contribution >= 4 is 40.9 Å². The molecule has 9 heteroatoms. The molecular formula is C18H14Cl2N4O3. The summed E-state index contributed by atoms with van der Waals surface area (Å²) in [6.45, 7) is 1.76. The molecule has 2 heterocycles. The van der Waals surface area contributed by atoms with Crippen molar-refractivity contribution < 1.29 is 14.3 Å². The number of hydrogen-bond donors (Lipinski definition) is 1. The quantitative estimate of drug-likeness (QED) is 0.665. The van der Waals surface area contributed by atoms with Crippen molar-refractivity contribution in [3.05, 3.63) is 69.5 Å². The van der Waals surface area contributed by atoms with Crippen LogP contribution in [0.5, 0.6) is 0 Å². The molecule has 1 amide bonds. The van der Waals surface area contributed by atoms with Crippen LogP contribution in [0, 0.1) is 6.92 Å². The summed E-state index contributed by atoms with van der Waals surface area (Å²) in [5.74, 6) is -0.449. The minimum atomic E-state index is -0.604. The molecule has 0 saturated heterocycles. The lowest BCUT2D eigenvalue weighted by Crippen LogP contribution is -2.19. The van der Waals surface area contributed by atoms with E-state index in [1.165, 1.54) is 36.2 Å². The van der Waals surface area contributed by atoms with Gasteiger partial charge in [-0.25, -0.2) is 9.78 Å². The number of carbonyl (C=O) groups excluding carboxylic acids is 2. The molecule has 0 unspecified atom stereocenters. The van der Waals surface area contributed by atoms with Crippen molar-refractivity contribution in [2.45, 2.75) is 6.92 Å². The molecule has 0 aliphatic heterocycles. The second-order valence-electron chi connectivity index (χ2n) is 5.53. The van der Waals surface area contributed by atoms with E-state index in [9.17, 15) is 9.59 Å². The highest BCUT2D eigenvalue weighted by Gasteiger charge is 2.20. The fourth-order valence-corrected chi connectivity index (χ4v) is 2.93. The molecule has 0 radical (unpaired) electrons. The van der Waals surface area contributed by atoms with Crippen LogP contribution in [-0.2, 0) is 4.74 Å². The third kappa shape index (κ3) is 3.94. The van der Waals surface area contributed by atoms with Gasteiger partial charge in [0.05, 0.1) is 34.0 Å². The van der Waals surface area contributed by atoms with Crippen molar-refractivity contribution in [3.8, 4) is 5.82 Å². The SMILES string of the molecule is COC(=O)c1ccccc1C(=O)Nc1cc(C)nn1-c1ncc(Cl)cc1Cl. The first-order valence-electron chi connectivity index (χ1n) is 7.77. The largest absolute Gasteiger partial charge is 0.465 e. The van der Waals surface area contributed by atoms with Gasteiger partial charge in [-0.2, -0.15) is 9.78 Å². The van der Waals surface area contributed by atoms with Crippen molar-refractivity contribution in [2.24, 2.45) is 0 Å². The van der Waals surface area contributed by atoms with Crippen LogP contribution in [-0.4, -0.2) is 33.8 Å². The monoisotopic (exact) mass is 404 g/mol. The van der Waals surface area contributed by atoms with Gasteiger partial charge < -0.3 is 10.1 Å². The lowest BCUT2D eigenvalue weighted by atomic mass is 10.1. The van der Waals surface area contributed by atoms with Crippen LogP contribution in [0.25, 0.3) is 5.82 Å². The predicted octanol–water partition coefficient (Wildman–Crippen LogP) is 3.92. The second kappa shape index (κ2) is 7.77. The van der Waals surface area contributed by atoms with E-state index in [1.807, 2.05) is 0 Å². The molecule has 0 aliphatic rings. The van der Waals surface area contributed by atoms with Gasteiger partial charge in [0, 0.05) is 12.3 Å². The van der Waals surface area contributed by atoms with Gasteiger partial charge in [-0.15, -0.1) is 0 Å². The highest BCUT2D eigenvalue weighted by molar-refractivity contribution is 6.35. The van der Waals surface area contributed by atoms with Crippen LogP contribution >= 0.6 is 23.2 Å². The molecule has 3 rings (SSSR count). The Morgan fingerprint density at radius 1 is 1.15 bits per heavy atom. The number of amides is 1. The molecule has 1 N–H and O–H groups in total. The van der Waals surface area contributed by atoms with Crippen LogP contribution < -0.4 is 5.32 Å². The van der Waals surface area contributed by atoms with E-state index in [1.54, 1.807) is 25.1 Å². The molecule has 0 saturated carbocycles. The number of nitrogens with one attached hydrogen (secondary N) is 1. The average molecular weight is 405 g/mol. The summed E-state index contributed by atoms with van der Waals surface area (Å²) >= 11 is 12.1. The predicted molar refractivity (Wildman–Crippen MR) is 102 cm³/mol. The van der Waals surface area contributed by atoms with E-state index in [-0.39, 0.29) is 16.1 Å². The number of ether oxygens (including phenoxy) is 1. The van der Waals surface area contributed by atoms with Gasteiger partial charge in [0.15, 0.2) is 5.82 Å². The molecule has 7 nitrogen and oxygen atoms in total. The third-order valence-electron chi connectivity index (χ3n) is 3.64. The Labute approximate surface area is 164 Å². The number of esters is 1. The van der Waals surface area contributed by atoms with Gasteiger partial charge in [0.25, 0.3) is 5.91 Å². The maximum absolute atomic E-state index is 12.8. The highest BCUT2D eigenvalue weighted by Crippen LogP contribution is 2.25. The molecule has 0 aliphatic carbocycles. The van der Waals surface area contributed by atoms with Crippen LogP contribution in [0.15, 0.2) is 42.6 Å². The Balaban J connectivity index is 1.98. The van der Waals surface area contributed by atoms with Gasteiger partial charge in [-0.1, -0.05) is 35.3 Å². The summed E-state index contributed by atoms with van der Waals surface area (Å²) in [5, 5.41) is 7.70. The lowest BCUT2D eigenvalue weighted by molar-refractivity contribution is 0.0597. The number of hydrogen-bond acceptors (Lipinski definition) is 5. The van der Waals surface area contributed by atoms with Gasteiger partial charge in [-0.3, -0.25) is 4.79 Å². The third-order valence-corrected chi connectivity index (χ3v) is 4.12. The molecule has 1 aromatic carbocycles. The van der Waals surface area contributed by atoms with Crippen molar-refractivity contribution in [1.82, 2.24) is 14.8 Å². The zero-order valence-electron chi connectivity index (χ0n) is 14.4. The van der Waals surface area contributed by atoms with E-state index in [0.29, 0.717) is 22.4 Å². The molecule has 27 heavy (non-hydrogen) atoms. The van der Waals surface area contributed by atoms with E-state index >= 15 is 0 Å². The number of nitrogens with zero attached hydrogens (tertiary/aromatic N) is 3. The molecule has 2 aromatic heterocycles. The smallest absolute Gasteiger partial charge is 0.338 e. The molecule has 138 valence electrons. The maximum atomic E-state index is 12.8. The van der Waals surface area contributed by atoms with Gasteiger partial charge in [0.1, 0.15) is 5.82 Å². The summed E-state index contributed by atoms with van der Waals surface area (Å²) in [5.41, 5.74) is 0.965. The summed E-state index contributed by atoms with van der Waals surface area (Å²) in [6, 6.07) is 9.53. The lowest BCUT2D eigenvalue weighted by Gasteiger charge is -2.11. The topological polar surface area (TPSA) is 86.1 Å². The molecule has 0 bridgehead atoms. The Morgan fingerprint density at radius 2 is 1.85 bits per heavy atom. The maximum Gasteiger partial charge on any atom is 0.338 e. The number of anilines is 1. The number of pyridine rings is 1. The highest BCUT2D eigenvalue weighted by atomic mass is 35.5. The summed E-state index contributed by atoms with van der Waals surface area (Å²) in [7, 11) is 1.25. The normalized spacial score (nSPS) is 10.5. The molecule has 3 aromatic rings. The Morgan fingerprint density at radius 3 is 2.52 bits per heavy atom. The van der Waals surface area contributed by atoms with Gasteiger partial charge >= 0.3 is 5.97 Å². The Bertz CT molecular complexity index is 1030. The van der Waals surface area contributed by atoms with E-state index in [2.05, 4.69) is 15.4 Å². The van der Waals surface area contributed by atoms with Crippen LogP contribution in [0.4, 0.5) is 5.82 Å². The van der Waals surface area contributed by atoms with E-state index in [4.69, 9.17) is 27.9 Å². The van der Waals surface area contributed by atoms with Crippen molar-refractivity contribution in [1.29, 1.82) is 0 Å². The van der Waals surface area contributed by atoms with Crippen LogP contribution in [0.2, 0.25) is 10.0 Å². The number of rotatable bonds is 4. The number of methoxy groups -OCH3 is 1. The standard InChI is InChI=1S/C18H14Cl2N4O3/c1-10-7-15(24(23-10)16-14(20)8-11(19)9-21-16)22-17(25)12-5-3-4-6-13(12)18(26)27-2/h3-9H,1-2H3,(H,22,25). The fraction of sp³-hybridized carbons (Fsp3) is 0.111. The molecule has 0 atom stereocenters. The molecular weight excluding hydrogens is 391 g/mol. The number of benzene rings is 1. The first kappa shape index (κ1) is 18.9. The molecule has 0 fully saturated rings. The minimum absolute atomic E-state index is 0.155. The van der Waals surface area contributed by atoms with Crippen LogP contribution in [0.1, 0.15) is 26.4 Å². The molecule has 0 spiro atoms. The van der Waals surface area contributed by atoms with E-state index in [0.717, 1.165) is 0 Å². The number of carbonyl (C=O) groups is 2. The van der Waals surface area contributed by atoms with Gasteiger partial charge in [-0.05, 0) is 25.1 Å². The number of aromatic nitrogens is 3. The Kier molecular flexibility index (Phi) is 5.43. The first-order chi connectivity index (χ1) is 12.9. The zero-order chi connectivity index (χ0) is 19.6. The van der Waals surface area contributed by atoms with Gasteiger partial charge in [0.2, 0.25) is 0 Å². The minimum Gasteiger partial charge on any atom is -0.465 e. The van der Waals surface area contributed by atoms with Crippen molar-refractivity contribution in [2.75, 3.05) is 12.4 Å².